The average Bonchev–Trinajstić information content (AvgIpc) is 2.41. The molecule has 0 radical (unpaired) electrons. The summed E-state index contributed by atoms with van der Waals surface area (Å²) in [5.41, 5.74) is 0.851. The molecule has 0 saturated heterocycles. The molecule has 0 saturated carbocycles. The van der Waals surface area contributed by atoms with Crippen molar-refractivity contribution in [2.24, 2.45) is 0 Å². The Morgan fingerprint density at radius 2 is 1.86 bits per heavy atom. The number of halogens is 1. The first kappa shape index (κ1) is 18.3. The van der Waals surface area contributed by atoms with Gasteiger partial charge in [-0.1, -0.05) is 13.8 Å². The van der Waals surface area contributed by atoms with Crippen molar-refractivity contribution in [1.29, 1.82) is 0 Å². The van der Waals surface area contributed by atoms with Crippen molar-refractivity contribution in [3.05, 3.63) is 23.8 Å². The van der Waals surface area contributed by atoms with Gasteiger partial charge in [-0.15, -0.1) is 0 Å². The van der Waals surface area contributed by atoms with E-state index in [2.05, 4.69) is 0 Å². The van der Waals surface area contributed by atoms with E-state index in [1.54, 1.807) is 12.1 Å². The predicted octanol–water partition coefficient (Wildman–Crippen LogP) is 3.93. The van der Waals surface area contributed by atoms with Crippen LogP contribution < -0.4 is 4.74 Å². The molecule has 0 spiro atoms. The molecular formula is C15H23ClO4S. The van der Waals surface area contributed by atoms with Gasteiger partial charge in [0.05, 0.1) is 17.6 Å². The van der Waals surface area contributed by atoms with E-state index in [-0.39, 0.29) is 16.9 Å². The maximum absolute atomic E-state index is 11.4. The maximum Gasteiger partial charge on any atom is 0.261 e. The van der Waals surface area contributed by atoms with Crippen molar-refractivity contribution in [2.45, 2.75) is 51.0 Å². The second-order valence-electron chi connectivity index (χ2n) is 5.21. The molecule has 0 aromatic heterocycles. The summed E-state index contributed by atoms with van der Waals surface area (Å²) in [5, 5.41) is 0. The molecule has 6 heteroatoms. The van der Waals surface area contributed by atoms with Crippen molar-refractivity contribution in [3.63, 3.8) is 0 Å². The van der Waals surface area contributed by atoms with Crippen molar-refractivity contribution >= 4 is 19.7 Å². The molecule has 0 amide bonds. The van der Waals surface area contributed by atoms with Gasteiger partial charge in [-0.25, -0.2) is 8.42 Å². The largest absolute Gasteiger partial charge is 0.491 e. The zero-order valence-corrected chi connectivity index (χ0v) is 14.5. The topological polar surface area (TPSA) is 52.6 Å². The molecule has 0 N–H and O–H groups in total. The highest BCUT2D eigenvalue weighted by Crippen LogP contribution is 2.32. The summed E-state index contributed by atoms with van der Waals surface area (Å²) in [5.74, 6) is 0.866. The minimum absolute atomic E-state index is 0.102. The lowest BCUT2D eigenvalue weighted by atomic mass is 9.98. The highest BCUT2D eigenvalue weighted by Gasteiger charge is 2.17. The molecule has 4 nitrogen and oxygen atoms in total. The molecule has 120 valence electrons. The molecule has 0 heterocycles. The first-order valence-electron chi connectivity index (χ1n) is 7.08. The fourth-order valence-corrected chi connectivity index (χ4v) is 2.64. The van der Waals surface area contributed by atoms with Crippen molar-refractivity contribution in [3.8, 4) is 5.75 Å². The van der Waals surface area contributed by atoms with Crippen LogP contribution in [0.25, 0.3) is 0 Å². The Hall–Kier alpha value is -0.780. The molecule has 1 atom stereocenters. The number of rotatable bonds is 8. The number of benzene rings is 1. The highest BCUT2D eigenvalue weighted by molar-refractivity contribution is 8.13. The highest BCUT2D eigenvalue weighted by atomic mass is 35.7. The van der Waals surface area contributed by atoms with Crippen LogP contribution in [0, 0.1) is 0 Å². The third kappa shape index (κ3) is 5.85. The summed E-state index contributed by atoms with van der Waals surface area (Å²) in [6, 6.07) is 4.72. The summed E-state index contributed by atoms with van der Waals surface area (Å²) in [7, 11) is 1.68. The molecule has 1 aromatic carbocycles. The van der Waals surface area contributed by atoms with E-state index in [9.17, 15) is 8.42 Å². The standard InChI is InChI=1S/C15H23ClO4S/c1-5-12(4)14-10-13(21(16,17)18)6-7-15(14)20-9-8-19-11(2)3/h6-7,10-12H,5,8-9H2,1-4H3. The van der Waals surface area contributed by atoms with Crippen LogP contribution in [0.4, 0.5) is 0 Å². The Bertz CT molecular complexity index is 555. The van der Waals surface area contributed by atoms with Crippen LogP contribution in [0.2, 0.25) is 0 Å². The maximum atomic E-state index is 11.4. The Balaban J connectivity index is 2.92. The lowest BCUT2D eigenvalue weighted by Gasteiger charge is -2.17. The van der Waals surface area contributed by atoms with E-state index in [1.807, 2.05) is 27.7 Å². The fourth-order valence-electron chi connectivity index (χ4n) is 1.85. The summed E-state index contributed by atoms with van der Waals surface area (Å²) < 4.78 is 34.0. The molecule has 21 heavy (non-hydrogen) atoms. The van der Waals surface area contributed by atoms with Crippen molar-refractivity contribution in [1.82, 2.24) is 0 Å². The number of ether oxygens (including phenoxy) is 2. The summed E-state index contributed by atoms with van der Waals surface area (Å²) in [6.07, 6.45) is 1.04. The van der Waals surface area contributed by atoms with E-state index >= 15 is 0 Å². The van der Waals surface area contributed by atoms with Crippen LogP contribution in [0.3, 0.4) is 0 Å². The van der Waals surface area contributed by atoms with E-state index in [4.69, 9.17) is 20.2 Å². The minimum atomic E-state index is -3.73. The molecular weight excluding hydrogens is 312 g/mol. The van der Waals surface area contributed by atoms with Crippen LogP contribution in [0.15, 0.2) is 23.1 Å². The molecule has 0 aliphatic rings. The Kier molecular flexibility index (Phi) is 6.97. The zero-order valence-electron chi connectivity index (χ0n) is 12.9. The fraction of sp³-hybridized carbons (Fsp3) is 0.600. The number of hydrogen-bond donors (Lipinski definition) is 0. The van der Waals surface area contributed by atoms with Gasteiger partial charge in [-0.2, -0.15) is 0 Å². The Morgan fingerprint density at radius 3 is 2.38 bits per heavy atom. The smallest absolute Gasteiger partial charge is 0.261 e. The molecule has 1 aromatic rings. The zero-order chi connectivity index (χ0) is 16.0. The van der Waals surface area contributed by atoms with Crippen molar-refractivity contribution in [2.75, 3.05) is 13.2 Å². The summed E-state index contributed by atoms with van der Waals surface area (Å²) >= 11 is 0. The van der Waals surface area contributed by atoms with Crippen LogP contribution >= 0.6 is 10.7 Å². The third-order valence-electron chi connectivity index (χ3n) is 3.20. The molecule has 0 aliphatic carbocycles. The lowest BCUT2D eigenvalue weighted by molar-refractivity contribution is 0.0550. The molecule has 0 bridgehead atoms. The second kappa shape index (κ2) is 8.01. The molecule has 1 rings (SSSR count). The quantitative estimate of drug-likeness (QED) is 0.534. The number of hydrogen-bond acceptors (Lipinski definition) is 4. The van der Waals surface area contributed by atoms with Gasteiger partial charge in [0.15, 0.2) is 0 Å². The Labute approximate surface area is 131 Å². The van der Waals surface area contributed by atoms with E-state index in [0.717, 1.165) is 12.0 Å². The Morgan fingerprint density at radius 1 is 1.19 bits per heavy atom. The van der Waals surface area contributed by atoms with E-state index in [0.29, 0.717) is 19.0 Å². The van der Waals surface area contributed by atoms with Crippen LogP contribution in [-0.2, 0) is 13.8 Å². The molecule has 0 fully saturated rings. The van der Waals surface area contributed by atoms with Crippen molar-refractivity contribution < 1.29 is 17.9 Å². The monoisotopic (exact) mass is 334 g/mol. The SMILES string of the molecule is CCC(C)c1cc(S(=O)(=O)Cl)ccc1OCCOC(C)C. The van der Waals surface area contributed by atoms with E-state index < -0.39 is 9.05 Å². The van der Waals surface area contributed by atoms with Crippen LogP contribution in [-0.4, -0.2) is 27.7 Å². The van der Waals surface area contributed by atoms with Gasteiger partial charge < -0.3 is 9.47 Å². The van der Waals surface area contributed by atoms with Gasteiger partial charge in [0.25, 0.3) is 9.05 Å². The lowest BCUT2D eigenvalue weighted by Crippen LogP contribution is -2.12. The van der Waals surface area contributed by atoms with Gasteiger partial charge in [-0.3, -0.25) is 0 Å². The van der Waals surface area contributed by atoms with Gasteiger partial charge in [0.1, 0.15) is 12.4 Å². The average molecular weight is 335 g/mol. The van der Waals surface area contributed by atoms with Gasteiger partial charge in [0.2, 0.25) is 0 Å². The summed E-state index contributed by atoms with van der Waals surface area (Å²) in [6.45, 7) is 8.91. The first-order chi connectivity index (χ1) is 9.75. The van der Waals surface area contributed by atoms with E-state index in [1.165, 1.54) is 6.07 Å². The normalized spacial score (nSPS) is 13.4. The molecule has 1 unspecified atom stereocenters. The van der Waals surface area contributed by atoms with Crippen LogP contribution in [0.5, 0.6) is 5.75 Å². The molecule has 0 aliphatic heterocycles. The van der Waals surface area contributed by atoms with Gasteiger partial charge >= 0.3 is 0 Å². The summed E-state index contributed by atoms with van der Waals surface area (Å²) in [4.78, 5) is 0.102. The predicted molar refractivity (Wildman–Crippen MR) is 84.8 cm³/mol. The van der Waals surface area contributed by atoms with Gasteiger partial charge in [-0.05, 0) is 49.9 Å². The van der Waals surface area contributed by atoms with Crippen LogP contribution in [0.1, 0.15) is 45.6 Å². The second-order valence-corrected chi connectivity index (χ2v) is 7.78. The van der Waals surface area contributed by atoms with Gasteiger partial charge in [0, 0.05) is 10.7 Å². The minimum Gasteiger partial charge on any atom is -0.491 e. The first-order valence-corrected chi connectivity index (χ1v) is 9.39. The third-order valence-corrected chi connectivity index (χ3v) is 4.55.